The van der Waals surface area contributed by atoms with Crippen molar-refractivity contribution in [2.24, 2.45) is 0 Å². The molecule has 2 atom stereocenters. The molecule has 25 heavy (non-hydrogen) atoms. The number of carbonyl (C=O) groups excluding carboxylic acids is 1. The highest BCUT2D eigenvalue weighted by atomic mass is 16.5. The van der Waals surface area contributed by atoms with Crippen LogP contribution >= 0.6 is 0 Å². The molecule has 1 N–H and O–H groups in total. The summed E-state index contributed by atoms with van der Waals surface area (Å²) >= 11 is 0. The van der Waals surface area contributed by atoms with Crippen molar-refractivity contribution >= 4 is 5.97 Å². The number of nitrogens with zero attached hydrogens (tertiary/aromatic N) is 1. The molecule has 132 valence electrons. The molecule has 1 aliphatic carbocycles. The molecule has 1 unspecified atom stereocenters. The molecule has 1 aliphatic rings. The Morgan fingerprint density at radius 3 is 2.08 bits per heavy atom. The van der Waals surface area contributed by atoms with Crippen LogP contribution in [0.4, 0.5) is 0 Å². The largest absolute Gasteiger partial charge is 0.467 e. The zero-order valence-electron chi connectivity index (χ0n) is 14.6. The predicted octanol–water partition coefficient (Wildman–Crippen LogP) is 3.15. The molecule has 0 spiro atoms. The Morgan fingerprint density at radius 2 is 1.60 bits per heavy atom. The Hall–Kier alpha value is -2.17. The lowest BCUT2D eigenvalue weighted by Gasteiger charge is -2.30. The van der Waals surface area contributed by atoms with Crippen LogP contribution in [0.1, 0.15) is 30.4 Å². The molecule has 4 heteroatoms. The van der Waals surface area contributed by atoms with E-state index in [0.717, 1.165) is 19.5 Å². The van der Waals surface area contributed by atoms with Crippen molar-refractivity contribution in [1.82, 2.24) is 4.90 Å². The first kappa shape index (κ1) is 17.6. The summed E-state index contributed by atoms with van der Waals surface area (Å²) in [6.07, 6.45) is 1.65. The van der Waals surface area contributed by atoms with Gasteiger partial charge in [-0.05, 0) is 24.0 Å². The van der Waals surface area contributed by atoms with Gasteiger partial charge in [0.2, 0.25) is 0 Å². The number of esters is 1. The van der Waals surface area contributed by atoms with Gasteiger partial charge in [0.05, 0.1) is 7.11 Å². The maximum Gasteiger partial charge on any atom is 0.337 e. The molecule has 0 radical (unpaired) electrons. The summed E-state index contributed by atoms with van der Waals surface area (Å²) < 4.78 is 4.79. The zero-order chi connectivity index (χ0) is 17.7. The van der Waals surface area contributed by atoms with E-state index in [4.69, 9.17) is 4.74 Å². The SMILES string of the molecule is COC(=O)C1(O)CC[C@H](N(Cc2ccccc2)Cc2ccccc2)C1. The third-order valence-corrected chi connectivity index (χ3v) is 5.00. The van der Waals surface area contributed by atoms with Crippen molar-refractivity contribution in [1.29, 1.82) is 0 Å². The summed E-state index contributed by atoms with van der Waals surface area (Å²) in [4.78, 5) is 14.3. The molecule has 1 fully saturated rings. The fraction of sp³-hybridized carbons (Fsp3) is 0.381. The van der Waals surface area contributed by atoms with E-state index in [9.17, 15) is 9.90 Å². The summed E-state index contributed by atoms with van der Waals surface area (Å²) in [6, 6.07) is 20.8. The summed E-state index contributed by atoms with van der Waals surface area (Å²) in [5, 5.41) is 10.6. The van der Waals surface area contributed by atoms with E-state index in [0.29, 0.717) is 12.8 Å². The molecule has 1 saturated carbocycles. The van der Waals surface area contributed by atoms with E-state index in [1.165, 1.54) is 18.2 Å². The molecule has 0 aromatic heterocycles. The maximum atomic E-state index is 11.9. The van der Waals surface area contributed by atoms with E-state index >= 15 is 0 Å². The van der Waals surface area contributed by atoms with E-state index in [1.807, 2.05) is 36.4 Å². The number of methoxy groups -OCH3 is 1. The number of ether oxygens (including phenoxy) is 1. The fourth-order valence-electron chi connectivity index (χ4n) is 3.64. The third kappa shape index (κ3) is 4.27. The Labute approximate surface area is 149 Å². The molecule has 0 saturated heterocycles. The lowest BCUT2D eigenvalue weighted by atomic mass is 10.0. The summed E-state index contributed by atoms with van der Waals surface area (Å²) in [5.74, 6) is -0.519. The van der Waals surface area contributed by atoms with Gasteiger partial charge in [0.25, 0.3) is 0 Å². The van der Waals surface area contributed by atoms with Crippen LogP contribution in [-0.2, 0) is 22.6 Å². The van der Waals surface area contributed by atoms with Crippen LogP contribution in [0.3, 0.4) is 0 Å². The summed E-state index contributed by atoms with van der Waals surface area (Å²) in [7, 11) is 1.33. The number of benzene rings is 2. The minimum absolute atomic E-state index is 0.143. The van der Waals surface area contributed by atoms with Gasteiger partial charge in [0.15, 0.2) is 5.60 Å². The Bertz CT molecular complexity index is 647. The lowest BCUT2D eigenvalue weighted by molar-refractivity contribution is -0.162. The number of carbonyl (C=O) groups is 1. The predicted molar refractivity (Wildman–Crippen MR) is 96.7 cm³/mol. The van der Waals surface area contributed by atoms with Crippen molar-refractivity contribution in [3.63, 3.8) is 0 Å². The summed E-state index contributed by atoms with van der Waals surface area (Å²) in [6.45, 7) is 1.58. The second kappa shape index (κ2) is 7.81. The van der Waals surface area contributed by atoms with Gasteiger partial charge in [-0.25, -0.2) is 4.79 Å². The van der Waals surface area contributed by atoms with Gasteiger partial charge < -0.3 is 9.84 Å². The smallest absolute Gasteiger partial charge is 0.337 e. The maximum absolute atomic E-state index is 11.9. The molecule has 2 aromatic carbocycles. The highest BCUT2D eigenvalue weighted by Crippen LogP contribution is 2.35. The topological polar surface area (TPSA) is 49.8 Å². The third-order valence-electron chi connectivity index (χ3n) is 5.00. The molecule has 0 aliphatic heterocycles. The number of rotatable bonds is 6. The Balaban J connectivity index is 1.78. The number of hydrogen-bond donors (Lipinski definition) is 1. The van der Waals surface area contributed by atoms with Crippen LogP contribution in [0.15, 0.2) is 60.7 Å². The first-order valence-corrected chi connectivity index (χ1v) is 8.73. The molecule has 3 rings (SSSR count). The van der Waals surface area contributed by atoms with Gasteiger partial charge in [0.1, 0.15) is 0 Å². The average molecular weight is 339 g/mol. The van der Waals surface area contributed by atoms with Crippen molar-refractivity contribution < 1.29 is 14.6 Å². The second-order valence-corrected chi connectivity index (χ2v) is 6.80. The van der Waals surface area contributed by atoms with Crippen molar-refractivity contribution in [2.75, 3.05) is 7.11 Å². The second-order valence-electron chi connectivity index (χ2n) is 6.80. The molecule has 0 bridgehead atoms. The van der Waals surface area contributed by atoms with E-state index in [1.54, 1.807) is 0 Å². The normalized spacial score (nSPS) is 22.9. The monoisotopic (exact) mass is 339 g/mol. The van der Waals surface area contributed by atoms with Gasteiger partial charge in [-0.15, -0.1) is 0 Å². The number of hydrogen-bond acceptors (Lipinski definition) is 4. The minimum atomic E-state index is -1.36. The van der Waals surface area contributed by atoms with Crippen molar-refractivity contribution in [3.05, 3.63) is 71.8 Å². The quantitative estimate of drug-likeness (QED) is 0.822. The molecule has 0 heterocycles. The van der Waals surface area contributed by atoms with Gasteiger partial charge in [-0.2, -0.15) is 0 Å². The zero-order valence-corrected chi connectivity index (χ0v) is 14.6. The van der Waals surface area contributed by atoms with Crippen LogP contribution in [0, 0.1) is 0 Å². The van der Waals surface area contributed by atoms with Crippen LogP contribution in [0.25, 0.3) is 0 Å². The Kier molecular flexibility index (Phi) is 5.51. The van der Waals surface area contributed by atoms with Gasteiger partial charge >= 0.3 is 5.97 Å². The molecule has 4 nitrogen and oxygen atoms in total. The number of aliphatic hydroxyl groups is 1. The lowest BCUT2D eigenvalue weighted by Crippen LogP contribution is -2.40. The van der Waals surface area contributed by atoms with Crippen molar-refractivity contribution in [3.8, 4) is 0 Å². The average Bonchev–Trinajstić information content (AvgIpc) is 3.06. The van der Waals surface area contributed by atoms with E-state index in [2.05, 4.69) is 29.2 Å². The fourth-order valence-corrected chi connectivity index (χ4v) is 3.64. The highest BCUT2D eigenvalue weighted by molar-refractivity contribution is 5.79. The first-order chi connectivity index (χ1) is 12.1. The first-order valence-electron chi connectivity index (χ1n) is 8.73. The van der Waals surface area contributed by atoms with Gasteiger partial charge in [-0.1, -0.05) is 60.7 Å². The molecular formula is C21H25NO3. The highest BCUT2D eigenvalue weighted by Gasteiger charge is 2.46. The summed E-state index contributed by atoms with van der Waals surface area (Å²) in [5.41, 5.74) is 1.10. The Morgan fingerprint density at radius 1 is 1.08 bits per heavy atom. The van der Waals surface area contributed by atoms with Crippen LogP contribution in [0.2, 0.25) is 0 Å². The van der Waals surface area contributed by atoms with E-state index in [-0.39, 0.29) is 6.04 Å². The van der Waals surface area contributed by atoms with Gasteiger partial charge in [0, 0.05) is 25.6 Å². The molecule has 2 aromatic rings. The van der Waals surface area contributed by atoms with Crippen molar-refractivity contribution in [2.45, 2.75) is 44.0 Å². The van der Waals surface area contributed by atoms with Crippen LogP contribution in [0.5, 0.6) is 0 Å². The van der Waals surface area contributed by atoms with Crippen LogP contribution < -0.4 is 0 Å². The minimum Gasteiger partial charge on any atom is -0.467 e. The van der Waals surface area contributed by atoms with Gasteiger partial charge in [-0.3, -0.25) is 4.90 Å². The standard InChI is InChI=1S/C21H25NO3/c1-25-20(23)21(24)13-12-19(14-21)22(15-17-8-4-2-5-9-17)16-18-10-6-3-7-11-18/h2-11,19,24H,12-16H2,1H3/t19-,21?/m0/s1. The molecular weight excluding hydrogens is 314 g/mol. The van der Waals surface area contributed by atoms with Crippen LogP contribution in [-0.4, -0.2) is 34.7 Å². The van der Waals surface area contributed by atoms with E-state index < -0.39 is 11.6 Å². The molecule has 0 amide bonds.